The van der Waals surface area contributed by atoms with Crippen molar-refractivity contribution in [2.24, 2.45) is 0 Å². The normalized spacial score (nSPS) is 17.2. The molecule has 24 heavy (non-hydrogen) atoms. The minimum absolute atomic E-state index is 0.180. The predicted molar refractivity (Wildman–Crippen MR) is 89.5 cm³/mol. The molecule has 1 atom stereocenters. The lowest BCUT2D eigenvalue weighted by atomic mass is 10.0. The van der Waals surface area contributed by atoms with Crippen LogP contribution in [0.15, 0.2) is 24.3 Å². The Kier molecular flexibility index (Phi) is 6.35. The highest BCUT2D eigenvalue weighted by Crippen LogP contribution is 2.16. The smallest absolute Gasteiger partial charge is 0.325 e. The quantitative estimate of drug-likeness (QED) is 0.832. The molecular formula is C18H24N2O4. The highest BCUT2D eigenvalue weighted by Gasteiger charge is 2.23. The maximum Gasteiger partial charge on any atom is 0.325 e. The molecule has 0 bridgehead atoms. The van der Waals surface area contributed by atoms with Crippen molar-refractivity contribution in [2.45, 2.75) is 39.2 Å². The SMILES string of the molecule is Cc1cccc(C(=O)NCC(=O)OCC(=O)N2CCCCC2C)c1. The van der Waals surface area contributed by atoms with Crippen LogP contribution < -0.4 is 5.32 Å². The first-order valence-corrected chi connectivity index (χ1v) is 8.27. The van der Waals surface area contributed by atoms with E-state index in [0.717, 1.165) is 24.8 Å². The number of esters is 1. The van der Waals surface area contributed by atoms with E-state index in [2.05, 4.69) is 5.32 Å². The molecule has 0 spiro atoms. The second kappa shape index (κ2) is 8.47. The van der Waals surface area contributed by atoms with E-state index in [1.54, 1.807) is 23.1 Å². The average Bonchev–Trinajstić information content (AvgIpc) is 2.58. The van der Waals surface area contributed by atoms with Crippen LogP contribution in [-0.2, 0) is 14.3 Å². The number of nitrogens with zero attached hydrogens (tertiary/aromatic N) is 1. The Labute approximate surface area is 142 Å². The Balaban J connectivity index is 1.73. The molecule has 130 valence electrons. The Morgan fingerprint density at radius 1 is 1.29 bits per heavy atom. The molecule has 1 aromatic rings. The van der Waals surface area contributed by atoms with Crippen LogP contribution in [0.4, 0.5) is 0 Å². The fraction of sp³-hybridized carbons (Fsp3) is 0.500. The van der Waals surface area contributed by atoms with Crippen molar-refractivity contribution >= 4 is 17.8 Å². The summed E-state index contributed by atoms with van der Waals surface area (Å²) in [5.41, 5.74) is 1.45. The van der Waals surface area contributed by atoms with Gasteiger partial charge in [0, 0.05) is 18.2 Å². The number of carbonyl (C=O) groups is 3. The number of aryl methyl sites for hydroxylation is 1. The molecule has 6 heteroatoms. The molecule has 6 nitrogen and oxygen atoms in total. The molecule has 0 aromatic heterocycles. The second-order valence-electron chi connectivity index (χ2n) is 6.14. The second-order valence-corrected chi connectivity index (χ2v) is 6.14. The molecular weight excluding hydrogens is 308 g/mol. The fourth-order valence-electron chi connectivity index (χ4n) is 2.79. The zero-order valence-corrected chi connectivity index (χ0v) is 14.2. The highest BCUT2D eigenvalue weighted by molar-refractivity contribution is 5.96. The maximum absolute atomic E-state index is 12.1. The molecule has 1 N–H and O–H groups in total. The third-order valence-corrected chi connectivity index (χ3v) is 4.15. The molecule has 1 aromatic carbocycles. The summed E-state index contributed by atoms with van der Waals surface area (Å²) in [5.74, 6) is -1.14. The van der Waals surface area contributed by atoms with Gasteiger partial charge in [-0.1, -0.05) is 17.7 Å². The molecule has 1 aliphatic heterocycles. The van der Waals surface area contributed by atoms with Crippen molar-refractivity contribution in [1.82, 2.24) is 10.2 Å². The van der Waals surface area contributed by atoms with Gasteiger partial charge in [-0.05, 0) is 45.2 Å². The van der Waals surface area contributed by atoms with E-state index in [9.17, 15) is 14.4 Å². The zero-order valence-electron chi connectivity index (χ0n) is 14.2. The van der Waals surface area contributed by atoms with Crippen molar-refractivity contribution in [1.29, 1.82) is 0 Å². The molecule has 1 aliphatic rings. The van der Waals surface area contributed by atoms with Crippen LogP contribution >= 0.6 is 0 Å². The minimum Gasteiger partial charge on any atom is -0.454 e. The molecule has 1 heterocycles. The number of amides is 2. The Bertz CT molecular complexity index is 615. The van der Waals surface area contributed by atoms with Crippen LogP contribution in [-0.4, -0.2) is 48.4 Å². The highest BCUT2D eigenvalue weighted by atomic mass is 16.5. The minimum atomic E-state index is -0.617. The molecule has 2 rings (SSSR count). The zero-order chi connectivity index (χ0) is 17.5. The Hall–Kier alpha value is -2.37. The Morgan fingerprint density at radius 2 is 2.08 bits per heavy atom. The van der Waals surface area contributed by atoms with Gasteiger partial charge in [-0.25, -0.2) is 0 Å². The summed E-state index contributed by atoms with van der Waals surface area (Å²) >= 11 is 0. The van der Waals surface area contributed by atoms with Crippen LogP contribution in [0, 0.1) is 6.92 Å². The first-order valence-electron chi connectivity index (χ1n) is 8.27. The lowest BCUT2D eigenvalue weighted by Gasteiger charge is -2.33. The number of benzene rings is 1. The van der Waals surface area contributed by atoms with Crippen LogP contribution in [0.1, 0.15) is 42.1 Å². The van der Waals surface area contributed by atoms with Gasteiger partial charge in [-0.15, -0.1) is 0 Å². The monoisotopic (exact) mass is 332 g/mol. The van der Waals surface area contributed by atoms with Gasteiger partial charge in [0.05, 0.1) is 0 Å². The number of rotatable bonds is 5. The van der Waals surface area contributed by atoms with Gasteiger partial charge < -0.3 is 15.0 Å². The molecule has 0 saturated carbocycles. The number of ether oxygens (including phenoxy) is 1. The van der Waals surface area contributed by atoms with Crippen LogP contribution in [0.25, 0.3) is 0 Å². The van der Waals surface area contributed by atoms with Crippen molar-refractivity contribution in [3.05, 3.63) is 35.4 Å². The van der Waals surface area contributed by atoms with E-state index >= 15 is 0 Å². The maximum atomic E-state index is 12.1. The number of nitrogens with one attached hydrogen (secondary N) is 1. The number of hydrogen-bond donors (Lipinski definition) is 1. The van der Waals surface area contributed by atoms with E-state index < -0.39 is 5.97 Å². The fourth-order valence-corrected chi connectivity index (χ4v) is 2.79. The third-order valence-electron chi connectivity index (χ3n) is 4.15. The van der Waals surface area contributed by atoms with Gasteiger partial charge in [0.2, 0.25) is 0 Å². The number of piperidine rings is 1. The third kappa shape index (κ3) is 5.08. The van der Waals surface area contributed by atoms with Crippen molar-refractivity contribution < 1.29 is 19.1 Å². The van der Waals surface area contributed by atoms with E-state index in [-0.39, 0.29) is 31.0 Å². The molecule has 1 saturated heterocycles. The summed E-state index contributed by atoms with van der Waals surface area (Å²) in [5, 5.41) is 2.50. The first-order chi connectivity index (χ1) is 11.5. The summed E-state index contributed by atoms with van der Waals surface area (Å²) in [6.45, 7) is 4.07. The van der Waals surface area contributed by atoms with Crippen molar-refractivity contribution in [3.63, 3.8) is 0 Å². The number of likely N-dealkylation sites (tertiary alicyclic amines) is 1. The summed E-state index contributed by atoms with van der Waals surface area (Å²) in [6, 6.07) is 7.27. The molecule has 0 radical (unpaired) electrons. The lowest BCUT2D eigenvalue weighted by Crippen LogP contribution is -2.44. The summed E-state index contributed by atoms with van der Waals surface area (Å²) in [7, 11) is 0. The van der Waals surface area contributed by atoms with E-state index in [1.807, 2.05) is 19.9 Å². The number of hydrogen-bond acceptors (Lipinski definition) is 4. The van der Waals surface area contributed by atoms with Crippen molar-refractivity contribution in [2.75, 3.05) is 19.7 Å². The first kappa shape index (κ1) is 18.0. The van der Waals surface area contributed by atoms with Gasteiger partial charge in [0.1, 0.15) is 6.54 Å². The lowest BCUT2D eigenvalue weighted by molar-refractivity contribution is -0.152. The summed E-state index contributed by atoms with van der Waals surface area (Å²) in [6.07, 6.45) is 3.08. The average molecular weight is 332 g/mol. The topological polar surface area (TPSA) is 75.7 Å². The Morgan fingerprint density at radius 3 is 2.79 bits per heavy atom. The molecule has 2 amide bonds. The largest absolute Gasteiger partial charge is 0.454 e. The summed E-state index contributed by atoms with van der Waals surface area (Å²) in [4.78, 5) is 37.5. The van der Waals surface area contributed by atoms with E-state index in [4.69, 9.17) is 4.74 Å². The van der Waals surface area contributed by atoms with Crippen LogP contribution in [0.5, 0.6) is 0 Å². The van der Waals surface area contributed by atoms with Crippen LogP contribution in [0.3, 0.4) is 0 Å². The van der Waals surface area contributed by atoms with E-state index in [0.29, 0.717) is 12.1 Å². The van der Waals surface area contributed by atoms with Gasteiger partial charge >= 0.3 is 5.97 Å². The van der Waals surface area contributed by atoms with Gasteiger partial charge in [-0.3, -0.25) is 14.4 Å². The van der Waals surface area contributed by atoms with Gasteiger partial charge in [0.25, 0.3) is 11.8 Å². The molecule has 1 fully saturated rings. The number of carbonyl (C=O) groups excluding carboxylic acids is 3. The summed E-state index contributed by atoms with van der Waals surface area (Å²) < 4.78 is 4.97. The standard InChI is InChI=1S/C18H24N2O4/c1-13-6-5-8-15(10-13)18(23)19-11-17(22)24-12-16(21)20-9-4-3-7-14(20)2/h5-6,8,10,14H,3-4,7,9,11-12H2,1-2H3,(H,19,23). The van der Waals surface area contributed by atoms with Gasteiger partial charge in [-0.2, -0.15) is 0 Å². The van der Waals surface area contributed by atoms with Gasteiger partial charge in [0.15, 0.2) is 6.61 Å². The predicted octanol–water partition coefficient (Wildman–Crippen LogP) is 1.67. The molecule has 1 unspecified atom stereocenters. The van der Waals surface area contributed by atoms with E-state index in [1.165, 1.54) is 0 Å². The van der Waals surface area contributed by atoms with Crippen LogP contribution in [0.2, 0.25) is 0 Å². The van der Waals surface area contributed by atoms with Crippen molar-refractivity contribution in [3.8, 4) is 0 Å². The molecule has 0 aliphatic carbocycles.